The summed E-state index contributed by atoms with van der Waals surface area (Å²) in [6.07, 6.45) is 0. The van der Waals surface area contributed by atoms with Crippen molar-refractivity contribution < 1.29 is 13.2 Å². The zero-order valence-electron chi connectivity index (χ0n) is 11.3. The number of nitrogens with zero attached hydrogens (tertiary/aromatic N) is 2. The fraction of sp³-hybridized carbons (Fsp3) is 0.417. The van der Waals surface area contributed by atoms with Crippen LogP contribution in [0.5, 0.6) is 5.75 Å². The third kappa shape index (κ3) is 3.36. The van der Waals surface area contributed by atoms with Crippen LogP contribution in [-0.2, 0) is 10.0 Å². The lowest BCUT2D eigenvalue weighted by molar-refractivity contribution is 0.400. The van der Waals surface area contributed by atoms with Crippen LogP contribution in [0.15, 0.2) is 23.1 Å². The predicted octanol–water partition coefficient (Wildman–Crippen LogP) is 1.27. The van der Waals surface area contributed by atoms with E-state index in [0.717, 1.165) is 4.31 Å². The van der Waals surface area contributed by atoms with Gasteiger partial charge in [0.15, 0.2) is 0 Å². The highest BCUT2D eigenvalue weighted by atomic mass is 32.2. The maximum atomic E-state index is 12.2. The van der Waals surface area contributed by atoms with Gasteiger partial charge >= 0.3 is 0 Å². The third-order valence-electron chi connectivity index (χ3n) is 2.50. The zero-order valence-corrected chi connectivity index (χ0v) is 12.2. The van der Waals surface area contributed by atoms with Crippen LogP contribution in [0.2, 0.25) is 0 Å². The summed E-state index contributed by atoms with van der Waals surface area (Å²) in [5.74, 6) is 0.267. The van der Waals surface area contributed by atoms with Crippen LogP contribution in [0.25, 0.3) is 0 Å². The molecule has 104 valence electrons. The highest BCUT2D eigenvalue weighted by molar-refractivity contribution is 7.89. The smallest absolute Gasteiger partial charge is 0.246 e. The Hall–Kier alpha value is -1.78. The molecule has 0 saturated carbocycles. The van der Waals surface area contributed by atoms with Crippen LogP contribution in [0.4, 0.5) is 5.69 Å². The molecular formula is C12H17N3O3S. The Morgan fingerprint density at radius 2 is 2.05 bits per heavy atom. The Balaban J connectivity index is 3.30. The van der Waals surface area contributed by atoms with E-state index in [4.69, 9.17) is 10.00 Å². The van der Waals surface area contributed by atoms with Crippen molar-refractivity contribution in [1.82, 2.24) is 4.31 Å². The normalized spacial score (nSPS) is 12.8. The first-order valence-corrected chi connectivity index (χ1v) is 7.03. The van der Waals surface area contributed by atoms with Gasteiger partial charge in [-0.05, 0) is 25.1 Å². The van der Waals surface area contributed by atoms with Crippen molar-refractivity contribution in [2.45, 2.75) is 17.9 Å². The van der Waals surface area contributed by atoms with Crippen molar-refractivity contribution in [3.8, 4) is 11.8 Å². The van der Waals surface area contributed by atoms with E-state index in [-0.39, 0.29) is 10.6 Å². The lowest BCUT2D eigenvalue weighted by Gasteiger charge is -2.16. The summed E-state index contributed by atoms with van der Waals surface area (Å²) in [6.45, 7) is 1.68. The number of rotatable bonds is 5. The molecule has 0 aromatic heterocycles. The quantitative estimate of drug-likeness (QED) is 0.880. The van der Waals surface area contributed by atoms with E-state index in [1.54, 1.807) is 19.1 Å². The number of methoxy groups -OCH3 is 1. The van der Waals surface area contributed by atoms with E-state index in [2.05, 4.69) is 5.32 Å². The number of nitrogens with one attached hydrogen (secondary N) is 1. The average Bonchev–Trinajstić information content (AvgIpc) is 2.38. The van der Waals surface area contributed by atoms with Crippen LogP contribution in [0, 0.1) is 11.3 Å². The van der Waals surface area contributed by atoms with Crippen LogP contribution in [-0.4, -0.2) is 40.0 Å². The predicted molar refractivity (Wildman–Crippen MR) is 72.6 cm³/mol. The van der Waals surface area contributed by atoms with E-state index in [0.29, 0.717) is 5.69 Å². The minimum atomic E-state index is -3.60. The molecule has 0 spiro atoms. The van der Waals surface area contributed by atoms with E-state index in [1.807, 2.05) is 6.07 Å². The maximum absolute atomic E-state index is 12.2. The summed E-state index contributed by atoms with van der Waals surface area (Å²) < 4.78 is 30.5. The monoisotopic (exact) mass is 283 g/mol. The largest absolute Gasteiger partial charge is 0.495 e. The molecule has 0 aliphatic carbocycles. The van der Waals surface area contributed by atoms with Crippen molar-refractivity contribution >= 4 is 15.7 Å². The molecule has 0 bridgehead atoms. The van der Waals surface area contributed by atoms with Gasteiger partial charge in [0.1, 0.15) is 16.7 Å². The standard InChI is InChI=1S/C12H17N3O3S/c1-9(8-13)14-10-5-6-11(18-4)12(7-10)19(16,17)15(2)3/h5-7,9,14H,1-4H3/t9-/m1/s1. The number of benzene rings is 1. The lowest BCUT2D eigenvalue weighted by atomic mass is 10.2. The number of sulfonamides is 1. The summed E-state index contributed by atoms with van der Waals surface area (Å²) in [7, 11) is 0.715. The summed E-state index contributed by atoms with van der Waals surface area (Å²) in [6, 6.07) is 6.29. The summed E-state index contributed by atoms with van der Waals surface area (Å²) in [4.78, 5) is 0.0649. The van der Waals surface area contributed by atoms with E-state index in [9.17, 15) is 8.42 Å². The summed E-state index contributed by atoms with van der Waals surface area (Å²) >= 11 is 0. The Labute approximate surface area is 113 Å². The minimum absolute atomic E-state index is 0.0649. The number of hydrogen-bond donors (Lipinski definition) is 1. The second kappa shape index (κ2) is 5.91. The first-order chi connectivity index (χ1) is 8.82. The first kappa shape index (κ1) is 15.3. The van der Waals surface area contributed by atoms with Gasteiger partial charge in [-0.1, -0.05) is 0 Å². The first-order valence-electron chi connectivity index (χ1n) is 5.59. The third-order valence-corrected chi connectivity index (χ3v) is 4.34. The average molecular weight is 283 g/mol. The highest BCUT2D eigenvalue weighted by Gasteiger charge is 2.22. The Bertz CT molecular complexity index is 591. The Morgan fingerprint density at radius 1 is 1.42 bits per heavy atom. The van der Waals surface area contributed by atoms with Gasteiger partial charge < -0.3 is 10.1 Å². The SMILES string of the molecule is COc1ccc(N[C@H](C)C#N)cc1S(=O)(=O)N(C)C. The molecule has 1 aromatic rings. The molecule has 0 fully saturated rings. The molecule has 1 atom stereocenters. The van der Waals surface area contributed by atoms with Crippen LogP contribution >= 0.6 is 0 Å². The molecule has 0 heterocycles. The molecule has 1 N–H and O–H groups in total. The van der Waals surface area contributed by atoms with E-state index >= 15 is 0 Å². The van der Waals surface area contributed by atoms with Gasteiger partial charge in [-0.3, -0.25) is 0 Å². The molecule has 1 aromatic carbocycles. The molecular weight excluding hydrogens is 266 g/mol. The molecule has 6 nitrogen and oxygen atoms in total. The zero-order chi connectivity index (χ0) is 14.6. The van der Waals surface area contributed by atoms with E-state index < -0.39 is 16.1 Å². The van der Waals surface area contributed by atoms with Gasteiger partial charge in [0.05, 0.1) is 13.2 Å². The van der Waals surface area contributed by atoms with Crippen molar-refractivity contribution in [2.75, 3.05) is 26.5 Å². The van der Waals surface area contributed by atoms with Crippen molar-refractivity contribution in [2.24, 2.45) is 0 Å². The summed E-state index contributed by atoms with van der Waals surface area (Å²) in [5, 5.41) is 11.6. The fourth-order valence-electron chi connectivity index (χ4n) is 1.45. The fourth-order valence-corrected chi connectivity index (χ4v) is 2.52. The molecule has 0 saturated heterocycles. The second-order valence-corrected chi connectivity index (χ2v) is 6.27. The molecule has 19 heavy (non-hydrogen) atoms. The van der Waals surface area contributed by atoms with Crippen LogP contribution in [0.1, 0.15) is 6.92 Å². The van der Waals surface area contributed by atoms with Gasteiger partial charge in [0, 0.05) is 19.8 Å². The Kier molecular flexibility index (Phi) is 4.75. The van der Waals surface area contributed by atoms with E-state index in [1.165, 1.54) is 27.3 Å². The van der Waals surface area contributed by atoms with Gasteiger partial charge in [-0.15, -0.1) is 0 Å². The van der Waals surface area contributed by atoms with Crippen LogP contribution < -0.4 is 10.1 Å². The molecule has 0 unspecified atom stereocenters. The van der Waals surface area contributed by atoms with Crippen LogP contribution in [0.3, 0.4) is 0 Å². The number of nitriles is 1. The second-order valence-electron chi connectivity index (χ2n) is 4.15. The maximum Gasteiger partial charge on any atom is 0.246 e. The van der Waals surface area contributed by atoms with Gasteiger partial charge in [-0.2, -0.15) is 5.26 Å². The number of ether oxygens (including phenoxy) is 1. The van der Waals surface area contributed by atoms with Crippen molar-refractivity contribution in [3.05, 3.63) is 18.2 Å². The van der Waals surface area contributed by atoms with Crippen molar-refractivity contribution in [3.63, 3.8) is 0 Å². The molecule has 0 amide bonds. The van der Waals surface area contributed by atoms with Gasteiger partial charge in [0.2, 0.25) is 10.0 Å². The van der Waals surface area contributed by atoms with Gasteiger partial charge in [-0.25, -0.2) is 12.7 Å². The molecule has 0 aliphatic rings. The minimum Gasteiger partial charge on any atom is -0.495 e. The molecule has 1 rings (SSSR count). The number of hydrogen-bond acceptors (Lipinski definition) is 5. The Morgan fingerprint density at radius 3 is 2.53 bits per heavy atom. The topological polar surface area (TPSA) is 82.4 Å². The molecule has 0 radical (unpaired) electrons. The highest BCUT2D eigenvalue weighted by Crippen LogP contribution is 2.28. The summed E-state index contributed by atoms with van der Waals surface area (Å²) in [5.41, 5.74) is 0.551. The van der Waals surface area contributed by atoms with Crippen molar-refractivity contribution in [1.29, 1.82) is 5.26 Å². The van der Waals surface area contributed by atoms with Gasteiger partial charge in [0.25, 0.3) is 0 Å². The lowest BCUT2D eigenvalue weighted by Crippen LogP contribution is -2.23. The molecule has 7 heteroatoms. The number of anilines is 1. The molecule has 0 aliphatic heterocycles.